The van der Waals surface area contributed by atoms with E-state index in [9.17, 15) is 29.2 Å². The van der Waals surface area contributed by atoms with Crippen molar-refractivity contribution in [2.45, 2.75) is 13.5 Å². The summed E-state index contributed by atoms with van der Waals surface area (Å²) >= 11 is 6.57. The normalized spacial score (nSPS) is 15.2. The standard InChI is InChI=1S/C19H14ClFN2O6S/c1-2-29-15-7-10(6-14(17(15)24)23(27)28)8-16-18(25)22(19(26)30-16)9-11-12(20)4-3-5-13(11)21/h3-8,24H,2,9H2,1H3/b16-8-. The van der Waals surface area contributed by atoms with Gasteiger partial charge < -0.3 is 9.84 Å². The van der Waals surface area contributed by atoms with Gasteiger partial charge >= 0.3 is 5.69 Å². The highest BCUT2D eigenvalue weighted by molar-refractivity contribution is 8.18. The van der Waals surface area contributed by atoms with E-state index in [1.54, 1.807) is 6.92 Å². The Morgan fingerprint density at radius 2 is 2.10 bits per heavy atom. The van der Waals surface area contributed by atoms with Gasteiger partial charge in [0.2, 0.25) is 5.75 Å². The van der Waals surface area contributed by atoms with Gasteiger partial charge in [-0.25, -0.2) is 4.39 Å². The van der Waals surface area contributed by atoms with Crippen molar-refractivity contribution in [1.29, 1.82) is 0 Å². The zero-order valence-corrected chi connectivity index (χ0v) is 17.0. The number of hydrogen-bond donors (Lipinski definition) is 1. The van der Waals surface area contributed by atoms with E-state index in [0.29, 0.717) is 11.8 Å². The second-order valence-electron chi connectivity index (χ2n) is 6.04. The number of amides is 2. The number of nitrogens with zero attached hydrogens (tertiary/aromatic N) is 2. The highest BCUT2D eigenvalue weighted by Gasteiger charge is 2.36. The summed E-state index contributed by atoms with van der Waals surface area (Å²) in [6.45, 7) is 1.43. The first kappa shape index (κ1) is 21.6. The summed E-state index contributed by atoms with van der Waals surface area (Å²) < 4.78 is 19.2. The van der Waals surface area contributed by atoms with Crippen LogP contribution >= 0.6 is 23.4 Å². The highest BCUT2D eigenvalue weighted by Crippen LogP contribution is 2.40. The maximum Gasteiger partial charge on any atom is 0.315 e. The van der Waals surface area contributed by atoms with E-state index in [1.165, 1.54) is 30.3 Å². The molecule has 1 aliphatic rings. The maximum absolute atomic E-state index is 14.0. The molecule has 156 valence electrons. The summed E-state index contributed by atoms with van der Waals surface area (Å²) in [6, 6.07) is 6.39. The van der Waals surface area contributed by atoms with E-state index in [4.69, 9.17) is 16.3 Å². The lowest BCUT2D eigenvalue weighted by molar-refractivity contribution is -0.386. The van der Waals surface area contributed by atoms with Crippen molar-refractivity contribution in [3.05, 3.63) is 67.3 Å². The topological polar surface area (TPSA) is 110 Å². The summed E-state index contributed by atoms with van der Waals surface area (Å²) in [5.41, 5.74) is -0.427. The number of aromatic hydroxyl groups is 1. The molecule has 0 bridgehead atoms. The summed E-state index contributed by atoms with van der Waals surface area (Å²) in [7, 11) is 0. The molecule has 1 N–H and O–H groups in total. The van der Waals surface area contributed by atoms with Crippen LogP contribution in [-0.2, 0) is 11.3 Å². The lowest BCUT2D eigenvalue weighted by Gasteiger charge is -2.14. The molecule has 1 saturated heterocycles. The second kappa shape index (κ2) is 8.72. The Morgan fingerprint density at radius 3 is 2.73 bits per heavy atom. The Kier molecular flexibility index (Phi) is 6.28. The van der Waals surface area contributed by atoms with E-state index in [2.05, 4.69) is 0 Å². The molecule has 0 saturated carbocycles. The molecule has 8 nitrogen and oxygen atoms in total. The molecule has 11 heteroatoms. The van der Waals surface area contributed by atoms with Gasteiger partial charge in [0.05, 0.1) is 23.0 Å². The number of nitro groups is 1. The van der Waals surface area contributed by atoms with Crippen LogP contribution in [-0.4, -0.2) is 32.7 Å². The van der Waals surface area contributed by atoms with Crippen LogP contribution in [0.1, 0.15) is 18.1 Å². The van der Waals surface area contributed by atoms with E-state index in [0.717, 1.165) is 11.0 Å². The minimum absolute atomic E-state index is 0.00150. The van der Waals surface area contributed by atoms with Gasteiger partial charge in [-0.3, -0.25) is 24.6 Å². The number of rotatable bonds is 6. The Balaban J connectivity index is 1.95. The van der Waals surface area contributed by atoms with E-state index < -0.39 is 33.3 Å². The van der Waals surface area contributed by atoms with Crippen molar-refractivity contribution in [2.75, 3.05) is 6.61 Å². The number of carbonyl (C=O) groups excluding carboxylic acids is 2. The van der Waals surface area contributed by atoms with Crippen LogP contribution in [0, 0.1) is 15.9 Å². The molecule has 1 heterocycles. The van der Waals surface area contributed by atoms with Crippen molar-refractivity contribution in [3.8, 4) is 11.5 Å². The predicted molar refractivity (Wildman–Crippen MR) is 109 cm³/mol. The van der Waals surface area contributed by atoms with Crippen molar-refractivity contribution in [3.63, 3.8) is 0 Å². The van der Waals surface area contributed by atoms with Gasteiger partial charge in [-0.15, -0.1) is 0 Å². The number of hydrogen-bond acceptors (Lipinski definition) is 7. The van der Waals surface area contributed by atoms with Crippen LogP contribution in [0.15, 0.2) is 35.2 Å². The van der Waals surface area contributed by atoms with Gasteiger partial charge in [0, 0.05) is 16.7 Å². The molecule has 0 atom stereocenters. The van der Waals surface area contributed by atoms with Gasteiger partial charge in [0.15, 0.2) is 5.75 Å². The number of phenolic OH excluding ortho intramolecular Hbond substituents is 1. The number of phenols is 1. The van der Waals surface area contributed by atoms with Gasteiger partial charge in [-0.1, -0.05) is 17.7 Å². The van der Waals surface area contributed by atoms with E-state index >= 15 is 0 Å². The van der Waals surface area contributed by atoms with Crippen LogP contribution in [0.25, 0.3) is 6.08 Å². The average Bonchev–Trinajstić information content (AvgIpc) is 2.94. The van der Waals surface area contributed by atoms with Gasteiger partial charge in [0.1, 0.15) is 5.82 Å². The van der Waals surface area contributed by atoms with Crippen LogP contribution in [0.2, 0.25) is 5.02 Å². The van der Waals surface area contributed by atoms with Crippen LogP contribution in [0.4, 0.5) is 14.9 Å². The van der Waals surface area contributed by atoms with Crippen LogP contribution < -0.4 is 4.74 Å². The van der Waals surface area contributed by atoms with Crippen LogP contribution in [0.5, 0.6) is 11.5 Å². The third kappa shape index (κ3) is 4.24. The van der Waals surface area contributed by atoms with E-state index in [1.807, 2.05) is 0 Å². The maximum atomic E-state index is 14.0. The SMILES string of the molecule is CCOc1cc(/C=C2\SC(=O)N(Cc3c(F)cccc3Cl)C2=O)cc([N+](=O)[O-])c1O. The number of ether oxygens (including phenoxy) is 1. The molecular formula is C19H14ClFN2O6S. The number of nitro benzene ring substituents is 1. The largest absolute Gasteiger partial charge is 0.500 e. The number of carbonyl (C=O) groups is 2. The zero-order chi connectivity index (χ0) is 22.0. The first-order chi connectivity index (χ1) is 14.2. The summed E-state index contributed by atoms with van der Waals surface area (Å²) in [5, 5.41) is 20.6. The number of imide groups is 1. The van der Waals surface area contributed by atoms with Gasteiger partial charge in [-0.2, -0.15) is 0 Å². The molecule has 0 aromatic heterocycles. The summed E-state index contributed by atoms with van der Waals surface area (Å²) in [4.78, 5) is 36.2. The summed E-state index contributed by atoms with van der Waals surface area (Å²) in [6.07, 6.45) is 1.27. The molecule has 0 radical (unpaired) electrons. The molecule has 2 amide bonds. The number of thioether (sulfide) groups is 1. The van der Waals surface area contributed by atoms with Crippen LogP contribution in [0.3, 0.4) is 0 Å². The lowest BCUT2D eigenvalue weighted by atomic mass is 10.1. The average molecular weight is 453 g/mol. The molecule has 2 aromatic rings. The molecule has 0 spiro atoms. The minimum atomic E-state index is -0.791. The molecule has 30 heavy (non-hydrogen) atoms. The van der Waals surface area contributed by atoms with E-state index in [-0.39, 0.29) is 40.0 Å². The van der Waals surface area contributed by atoms with Crippen molar-refractivity contribution in [2.24, 2.45) is 0 Å². The van der Waals surface area contributed by atoms with Gasteiger partial charge in [0.25, 0.3) is 11.1 Å². The number of halogens is 2. The smallest absolute Gasteiger partial charge is 0.315 e. The van der Waals surface area contributed by atoms with Crippen molar-refractivity contribution < 1.29 is 28.7 Å². The van der Waals surface area contributed by atoms with Crippen molar-refractivity contribution in [1.82, 2.24) is 4.90 Å². The fourth-order valence-corrected chi connectivity index (χ4v) is 3.79. The molecule has 1 fully saturated rings. The molecule has 1 aliphatic heterocycles. The Bertz CT molecular complexity index is 1070. The minimum Gasteiger partial charge on any atom is -0.500 e. The predicted octanol–water partition coefficient (Wildman–Crippen LogP) is 4.73. The fraction of sp³-hybridized carbons (Fsp3) is 0.158. The third-order valence-corrected chi connectivity index (χ3v) is 5.38. The second-order valence-corrected chi connectivity index (χ2v) is 7.45. The van der Waals surface area contributed by atoms with Crippen molar-refractivity contribution >= 4 is 46.3 Å². The highest BCUT2D eigenvalue weighted by atomic mass is 35.5. The monoisotopic (exact) mass is 452 g/mol. The zero-order valence-electron chi connectivity index (χ0n) is 15.4. The fourth-order valence-electron chi connectivity index (χ4n) is 2.73. The summed E-state index contributed by atoms with van der Waals surface area (Å²) in [5.74, 6) is -2.12. The molecule has 0 aliphatic carbocycles. The Labute approximate surface area is 179 Å². The molecular weight excluding hydrogens is 439 g/mol. The molecule has 2 aromatic carbocycles. The number of benzene rings is 2. The molecule has 3 rings (SSSR count). The molecule has 0 unspecified atom stereocenters. The Hall–Kier alpha value is -3.11. The van der Waals surface area contributed by atoms with Gasteiger partial charge in [-0.05, 0) is 48.5 Å². The lowest BCUT2D eigenvalue weighted by Crippen LogP contribution is -2.28. The quantitative estimate of drug-likeness (QED) is 0.383. The first-order valence-electron chi connectivity index (χ1n) is 8.55. The first-order valence-corrected chi connectivity index (χ1v) is 9.74. The Morgan fingerprint density at radius 1 is 1.37 bits per heavy atom. The third-order valence-electron chi connectivity index (χ3n) is 4.12.